The molecule has 19 heavy (non-hydrogen) atoms. The fourth-order valence-electron chi connectivity index (χ4n) is 3.42. The zero-order valence-corrected chi connectivity index (χ0v) is 11.0. The number of carboxylic acids is 1. The SMILES string of the molecule is O=C(O)C=Cc1cccc(CN2CC3CCC2C3)c1. The lowest BCUT2D eigenvalue weighted by Gasteiger charge is -2.26. The van der Waals surface area contributed by atoms with E-state index in [1.165, 1.54) is 37.4 Å². The first-order valence-electron chi connectivity index (χ1n) is 6.95. The van der Waals surface area contributed by atoms with Gasteiger partial charge in [-0.2, -0.15) is 0 Å². The zero-order valence-electron chi connectivity index (χ0n) is 11.0. The molecule has 100 valence electrons. The van der Waals surface area contributed by atoms with Crippen molar-refractivity contribution in [3.63, 3.8) is 0 Å². The molecule has 1 aromatic rings. The van der Waals surface area contributed by atoms with Gasteiger partial charge < -0.3 is 5.11 Å². The van der Waals surface area contributed by atoms with E-state index in [1.807, 2.05) is 12.1 Å². The second-order valence-corrected chi connectivity index (χ2v) is 5.68. The molecule has 1 N–H and O–H groups in total. The van der Waals surface area contributed by atoms with Gasteiger partial charge in [-0.1, -0.05) is 24.3 Å². The van der Waals surface area contributed by atoms with Gasteiger partial charge in [0.25, 0.3) is 0 Å². The molecule has 3 rings (SSSR count). The minimum absolute atomic E-state index is 0.781. The molecule has 2 aliphatic rings. The molecule has 1 aliphatic carbocycles. The number of piperidine rings is 1. The van der Waals surface area contributed by atoms with Crippen molar-refractivity contribution < 1.29 is 9.90 Å². The second kappa shape index (κ2) is 5.17. The number of carbonyl (C=O) groups is 1. The monoisotopic (exact) mass is 257 g/mol. The summed E-state index contributed by atoms with van der Waals surface area (Å²) in [6.07, 6.45) is 6.98. The molecule has 1 saturated heterocycles. The van der Waals surface area contributed by atoms with Gasteiger partial charge >= 0.3 is 5.97 Å². The lowest BCUT2D eigenvalue weighted by molar-refractivity contribution is -0.131. The average Bonchev–Trinajstić information content (AvgIpc) is 2.99. The van der Waals surface area contributed by atoms with Crippen LogP contribution in [0.4, 0.5) is 0 Å². The van der Waals surface area contributed by atoms with Crippen LogP contribution in [0.1, 0.15) is 30.4 Å². The molecule has 2 bridgehead atoms. The van der Waals surface area contributed by atoms with Crippen molar-refractivity contribution in [1.29, 1.82) is 0 Å². The predicted molar refractivity (Wildman–Crippen MR) is 74.7 cm³/mol. The average molecular weight is 257 g/mol. The quantitative estimate of drug-likeness (QED) is 0.843. The van der Waals surface area contributed by atoms with E-state index < -0.39 is 5.97 Å². The van der Waals surface area contributed by atoms with Crippen LogP contribution in [0.3, 0.4) is 0 Å². The number of rotatable bonds is 4. The third-order valence-corrected chi connectivity index (χ3v) is 4.28. The molecule has 3 heteroatoms. The van der Waals surface area contributed by atoms with Crippen molar-refractivity contribution >= 4 is 12.0 Å². The maximum Gasteiger partial charge on any atom is 0.328 e. The molecule has 0 radical (unpaired) electrons. The van der Waals surface area contributed by atoms with Crippen molar-refractivity contribution in [3.8, 4) is 0 Å². The standard InChI is InChI=1S/C16H19NO2/c18-16(19)7-5-12-2-1-3-13(8-12)10-17-11-14-4-6-15(17)9-14/h1-3,5,7-8,14-15H,4,6,9-11H2,(H,18,19). The van der Waals surface area contributed by atoms with E-state index in [-0.39, 0.29) is 0 Å². The van der Waals surface area contributed by atoms with Crippen LogP contribution in [0.2, 0.25) is 0 Å². The van der Waals surface area contributed by atoms with E-state index in [0.717, 1.165) is 24.1 Å². The number of aliphatic carboxylic acids is 1. The molecule has 2 fully saturated rings. The number of benzene rings is 1. The number of nitrogens with zero attached hydrogens (tertiary/aromatic N) is 1. The Morgan fingerprint density at radius 1 is 1.42 bits per heavy atom. The van der Waals surface area contributed by atoms with E-state index in [9.17, 15) is 4.79 Å². The molecular weight excluding hydrogens is 238 g/mol. The molecule has 2 unspecified atom stereocenters. The first-order chi connectivity index (χ1) is 9.20. The summed E-state index contributed by atoms with van der Waals surface area (Å²) in [5, 5.41) is 8.65. The molecule has 2 atom stereocenters. The van der Waals surface area contributed by atoms with Crippen molar-refractivity contribution in [3.05, 3.63) is 41.5 Å². The number of hydrogen-bond donors (Lipinski definition) is 1. The smallest absolute Gasteiger partial charge is 0.328 e. The lowest BCUT2D eigenvalue weighted by atomic mass is 10.1. The molecule has 0 amide bonds. The maximum atomic E-state index is 10.5. The second-order valence-electron chi connectivity index (χ2n) is 5.68. The maximum absolute atomic E-state index is 10.5. The van der Waals surface area contributed by atoms with Crippen molar-refractivity contribution in [2.24, 2.45) is 5.92 Å². The van der Waals surface area contributed by atoms with E-state index in [1.54, 1.807) is 6.08 Å². The summed E-state index contributed by atoms with van der Waals surface area (Å²) < 4.78 is 0. The number of carboxylic acid groups (broad SMARTS) is 1. The van der Waals surface area contributed by atoms with E-state index in [2.05, 4.69) is 17.0 Å². The van der Waals surface area contributed by atoms with Crippen LogP contribution in [0.15, 0.2) is 30.3 Å². The predicted octanol–water partition coefficient (Wildman–Crippen LogP) is 2.77. The largest absolute Gasteiger partial charge is 0.478 e. The lowest BCUT2D eigenvalue weighted by Crippen LogP contribution is -2.31. The Hall–Kier alpha value is -1.61. The first kappa shape index (κ1) is 12.4. The summed E-state index contributed by atoms with van der Waals surface area (Å²) in [6.45, 7) is 2.23. The Balaban J connectivity index is 1.68. The molecule has 0 aromatic heterocycles. The molecule has 0 spiro atoms. The van der Waals surface area contributed by atoms with Crippen LogP contribution in [0.25, 0.3) is 6.08 Å². The summed E-state index contributed by atoms with van der Waals surface area (Å²) in [5.74, 6) is 0.0161. The zero-order chi connectivity index (χ0) is 13.2. The normalized spacial score (nSPS) is 26.3. The summed E-state index contributed by atoms with van der Waals surface area (Å²) in [4.78, 5) is 13.1. The Morgan fingerprint density at radius 3 is 3.00 bits per heavy atom. The van der Waals surface area contributed by atoms with Crippen molar-refractivity contribution in [2.45, 2.75) is 31.8 Å². The summed E-state index contributed by atoms with van der Waals surface area (Å²) in [6, 6.07) is 8.95. The number of hydrogen-bond acceptors (Lipinski definition) is 2. The van der Waals surface area contributed by atoms with Gasteiger partial charge in [-0.05, 0) is 42.4 Å². The van der Waals surface area contributed by atoms with E-state index >= 15 is 0 Å². The summed E-state index contributed by atoms with van der Waals surface area (Å²) in [7, 11) is 0. The van der Waals surface area contributed by atoms with Gasteiger partial charge in [-0.25, -0.2) is 4.79 Å². The van der Waals surface area contributed by atoms with Crippen molar-refractivity contribution in [2.75, 3.05) is 6.54 Å². The highest BCUT2D eigenvalue weighted by atomic mass is 16.4. The molecule has 3 nitrogen and oxygen atoms in total. The van der Waals surface area contributed by atoms with Crippen LogP contribution in [0, 0.1) is 5.92 Å². The topological polar surface area (TPSA) is 40.5 Å². The minimum Gasteiger partial charge on any atom is -0.478 e. The Morgan fingerprint density at radius 2 is 2.32 bits per heavy atom. The Kier molecular flexibility index (Phi) is 3.38. The number of likely N-dealkylation sites (tertiary alicyclic amines) is 1. The van der Waals surface area contributed by atoms with Gasteiger partial charge in [-0.15, -0.1) is 0 Å². The highest BCUT2D eigenvalue weighted by Gasteiger charge is 2.37. The molecule has 1 aromatic carbocycles. The van der Waals surface area contributed by atoms with E-state index in [0.29, 0.717) is 0 Å². The summed E-state index contributed by atoms with van der Waals surface area (Å²) >= 11 is 0. The van der Waals surface area contributed by atoms with Gasteiger partial charge in [0.15, 0.2) is 0 Å². The van der Waals surface area contributed by atoms with Gasteiger partial charge in [0.1, 0.15) is 0 Å². The van der Waals surface area contributed by atoms with Crippen LogP contribution < -0.4 is 0 Å². The highest BCUT2D eigenvalue weighted by Crippen LogP contribution is 2.38. The number of fused-ring (bicyclic) bond motifs is 2. The molecule has 1 aliphatic heterocycles. The fraction of sp³-hybridized carbons (Fsp3) is 0.438. The van der Waals surface area contributed by atoms with Gasteiger partial charge in [-0.3, -0.25) is 4.90 Å². The van der Waals surface area contributed by atoms with Crippen molar-refractivity contribution in [1.82, 2.24) is 4.90 Å². The Bertz CT molecular complexity index is 509. The van der Waals surface area contributed by atoms with Crippen LogP contribution in [-0.2, 0) is 11.3 Å². The summed E-state index contributed by atoms with van der Waals surface area (Å²) in [5.41, 5.74) is 2.24. The van der Waals surface area contributed by atoms with Gasteiger partial charge in [0.2, 0.25) is 0 Å². The van der Waals surface area contributed by atoms with E-state index in [4.69, 9.17) is 5.11 Å². The molecule has 1 saturated carbocycles. The highest BCUT2D eigenvalue weighted by molar-refractivity contribution is 5.85. The fourth-order valence-corrected chi connectivity index (χ4v) is 3.42. The van der Waals surface area contributed by atoms with Crippen LogP contribution in [0.5, 0.6) is 0 Å². The van der Waals surface area contributed by atoms with Crippen LogP contribution in [-0.4, -0.2) is 28.6 Å². The third kappa shape index (κ3) is 2.87. The van der Waals surface area contributed by atoms with Gasteiger partial charge in [0, 0.05) is 25.2 Å². The molecule has 1 heterocycles. The van der Waals surface area contributed by atoms with Gasteiger partial charge in [0.05, 0.1) is 0 Å². The Labute approximate surface area is 113 Å². The molecular formula is C16H19NO2. The first-order valence-corrected chi connectivity index (χ1v) is 6.95. The third-order valence-electron chi connectivity index (χ3n) is 4.28. The minimum atomic E-state index is -0.901. The van der Waals surface area contributed by atoms with Crippen LogP contribution >= 0.6 is 0 Å².